The number of aliphatic hydroxyl groups is 2. The summed E-state index contributed by atoms with van der Waals surface area (Å²) >= 11 is 0. The standard InChI is InChI=1S/C42H75O10P/c1-3-5-7-9-11-13-15-17-19-21-23-25-27-29-31-33-41(45)49-37-40(38-51-53(47,48)50-36-39(44)35-43)52-42(46)34-32-30-28-26-24-22-20-18-16-14-12-10-8-6-4-2/h4-5,7,11,13,17,19,39-40,43-44H,2-3,6,8-10,12,14-16,18,20-38H2,1H3,(H,47,48)/b7-5+,13-11+,19-17+/t39-,40+/m0/s1. The van der Waals surface area contributed by atoms with Crippen molar-refractivity contribution in [1.82, 2.24) is 0 Å². The van der Waals surface area contributed by atoms with E-state index in [4.69, 9.17) is 19.1 Å². The fourth-order valence-corrected chi connectivity index (χ4v) is 6.25. The van der Waals surface area contributed by atoms with E-state index >= 15 is 0 Å². The number of hydrogen-bond acceptors (Lipinski definition) is 9. The lowest BCUT2D eigenvalue weighted by Crippen LogP contribution is -2.29. The summed E-state index contributed by atoms with van der Waals surface area (Å²) in [5.41, 5.74) is 0. The van der Waals surface area contributed by atoms with Gasteiger partial charge in [0.25, 0.3) is 0 Å². The Labute approximate surface area is 322 Å². The van der Waals surface area contributed by atoms with Gasteiger partial charge in [0.1, 0.15) is 12.7 Å². The normalized spacial score (nSPS) is 14.2. The van der Waals surface area contributed by atoms with E-state index < -0.39 is 51.8 Å². The second-order valence-corrected chi connectivity index (χ2v) is 15.2. The number of hydrogen-bond donors (Lipinski definition) is 3. The van der Waals surface area contributed by atoms with Gasteiger partial charge < -0.3 is 24.6 Å². The lowest BCUT2D eigenvalue weighted by molar-refractivity contribution is -0.161. The van der Waals surface area contributed by atoms with Crippen LogP contribution in [0.25, 0.3) is 0 Å². The zero-order valence-corrected chi connectivity index (χ0v) is 34.0. The molecule has 0 rings (SSSR count). The molecule has 0 heterocycles. The zero-order chi connectivity index (χ0) is 39.1. The van der Waals surface area contributed by atoms with Crippen LogP contribution in [0.5, 0.6) is 0 Å². The van der Waals surface area contributed by atoms with Gasteiger partial charge in [-0.05, 0) is 57.8 Å². The summed E-state index contributed by atoms with van der Waals surface area (Å²) in [4.78, 5) is 34.9. The summed E-state index contributed by atoms with van der Waals surface area (Å²) in [6.07, 6.45) is 38.2. The molecule has 0 spiro atoms. The number of phosphoric acid groups is 1. The van der Waals surface area contributed by atoms with Crippen LogP contribution in [0.15, 0.2) is 49.1 Å². The average Bonchev–Trinajstić information content (AvgIpc) is 3.14. The first-order chi connectivity index (χ1) is 25.7. The fourth-order valence-electron chi connectivity index (χ4n) is 5.46. The Hall–Kier alpha value is -2.07. The van der Waals surface area contributed by atoms with Crippen molar-refractivity contribution >= 4 is 19.8 Å². The number of rotatable bonds is 39. The molecule has 0 saturated heterocycles. The van der Waals surface area contributed by atoms with Crippen molar-refractivity contribution in [2.24, 2.45) is 0 Å². The molecular formula is C42H75O10P. The van der Waals surface area contributed by atoms with E-state index in [9.17, 15) is 24.2 Å². The molecule has 0 bridgehead atoms. The maximum Gasteiger partial charge on any atom is 0.472 e. The highest BCUT2D eigenvalue weighted by molar-refractivity contribution is 7.47. The van der Waals surface area contributed by atoms with Crippen LogP contribution in [-0.4, -0.2) is 65.7 Å². The van der Waals surface area contributed by atoms with E-state index in [0.717, 1.165) is 77.0 Å². The molecule has 308 valence electrons. The predicted molar refractivity (Wildman–Crippen MR) is 214 cm³/mol. The highest BCUT2D eigenvalue weighted by Crippen LogP contribution is 2.43. The highest BCUT2D eigenvalue weighted by atomic mass is 31.2. The Morgan fingerprint density at radius 1 is 0.623 bits per heavy atom. The molecule has 10 nitrogen and oxygen atoms in total. The van der Waals surface area contributed by atoms with E-state index in [1.807, 2.05) is 6.08 Å². The SMILES string of the molecule is C=CCCCCCCCCCCCCCCCC(=O)O[C@H](COC(=O)CCCCCCC/C=C/C/C=C/C/C=C/CC)COP(=O)(O)OC[C@@H](O)CO. The molecule has 0 aromatic rings. The third kappa shape index (κ3) is 38.0. The van der Waals surface area contributed by atoms with Gasteiger partial charge in [0.15, 0.2) is 6.10 Å². The molecule has 0 aliphatic rings. The van der Waals surface area contributed by atoms with Gasteiger partial charge in [0.05, 0.1) is 19.8 Å². The number of allylic oxidation sites excluding steroid dienone is 7. The monoisotopic (exact) mass is 771 g/mol. The minimum absolute atomic E-state index is 0.178. The third-order valence-corrected chi connectivity index (χ3v) is 9.56. The van der Waals surface area contributed by atoms with Crippen molar-refractivity contribution in [3.63, 3.8) is 0 Å². The Bertz CT molecular complexity index is 1010. The number of carbonyl (C=O) groups excluding carboxylic acids is 2. The van der Waals surface area contributed by atoms with E-state index in [2.05, 4.69) is 54.5 Å². The maximum atomic E-state index is 12.6. The Morgan fingerprint density at radius 2 is 1.08 bits per heavy atom. The number of unbranched alkanes of at least 4 members (excludes halogenated alkanes) is 18. The summed E-state index contributed by atoms with van der Waals surface area (Å²) in [5, 5.41) is 18.3. The van der Waals surface area contributed by atoms with Gasteiger partial charge in [-0.15, -0.1) is 6.58 Å². The number of esters is 2. The average molecular weight is 771 g/mol. The molecule has 11 heteroatoms. The molecule has 0 aliphatic carbocycles. The summed E-state index contributed by atoms with van der Waals surface area (Å²) in [6, 6.07) is 0. The van der Waals surface area contributed by atoms with Crippen molar-refractivity contribution in [2.45, 2.75) is 180 Å². The summed E-state index contributed by atoms with van der Waals surface area (Å²) < 4.78 is 32.6. The predicted octanol–water partition coefficient (Wildman–Crippen LogP) is 10.6. The Kier molecular flexibility index (Phi) is 36.7. The largest absolute Gasteiger partial charge is 0.472 e. The molecular weight excluding hydrogens is 695 g/mol. The van der Waals surface area contributed by atoms with E-state index in [-0.39, 0.29) is 19.4 Å². The number of ether oxygens (including phenoxy) is 2. The van der Waals surface area contributed by atoms with Gasteiger partial charge in [0, 0.05) is 12.8 Å². The van der Waals surface area contributed by atoms with E-state index in [0.29, 0.717) is 12.8 Å². The maximum absolute atomic E-state index is 12.6. The second kappa shape index (κ2) is 38.2. The van der Waals surface area contributed by atoms with Crippen molar-refractivity contribution in [3.8, 4) is 0 Å². The zero-order valence-electron chi connectivity index (χ0n) is 33.1. The molecule has 0 aromatic carbocycles. The third-order valence-electron chi connectivity index (χ3n) is 8.61. The lowest BCUT2D eigenvalue weighted by atomic mass is 10.0. The van der Waals surface area contributed by atoms with Gasteiger partial charge >= 0.3 is 19.8 Å². The number of aliphatic hydroxyl groups excluding tert-OH is 2. The van der Waals surface area contributed by atoms with Crippen molar-refractivity contribution in [2.75, 3.05) is 26.4 Å². The molecule has 53 heavy (non-hydrogen) atoms. The van der Waals surface area contributed by atoms with Crippen LogP contribution < -0.4 is 0 Å². The van der Waals surface area contributed by atoms with Crippen LogP contribution in [-0.2, 0) is 32.7 Å². The van der Waals surface area contributed by atoms with Gasteiger partial charge in [-0.3, -0.25) is 18.6 Å². The minimum atomic E-state index is -4.62. The number of carbonyl (C=O) groups is 2. The minimum Gasteiger partial charge on any atom is -0.462 e. The van der Waals surface area contributed by atoms with Crippen molar-refractivity contribution in [1.29, 1.82) is 0 Å². The molecule has 0 amide bonds. The Morgan fingerprint density at radius 3 is 1.60 bits per heavy atom. The molecule has 0 fully saturated rings. The number of phosphoric ester groups is 1. The molecule has 1 unspecified atom stereocenters. The van der Waals surface area contributed by atoms with Crippen LogP contribution in [0.4, 0.5) is 0 Å². The van der Waals surface area contributed by atoms with Gasteiger partial charge in [0.2, 0.25) is 0 Å². The smallest absolute Gasteiger partial charge is 0.462 e. The van der Waals surface area contributed by atoms with Crippen LogP contribution >= 0.6 is 7.82 Å². The van der Waals surface area contributed by atoms with Gasteiger partial charge in [-0.2, -0.15) is 0 Å². The van der Waals surface area contributed by atoms with Gasteiger partial charge in [-0.25, -0.2) is 4.57 Å². The quantitative estimate of drug-likeness (QED) is 0.0239. The molecule has 0 radical (unpaired) electrons. The first-order valence-electron chi connectivity index (χ1n) is 20.6. The van der Waals surface area contributed by atoms with Crippen LogP contribution in [0.2, 0.25) is 0 Å². The summed E-state index contributed by atoms with van der Waals surface area (Å²) in [5.74, 6) is -0.948. The molecule has 3 N–H and O–H groups in total. The summed E-state index contributed by atoms with van der Waals surface area (Å²) in [7, 11) is -4.62. The van der Waals surface area contributed by atoms with Crippen LogP contribution in [0, 0.1) is 0 Å². The fraction of sp³-hybridized carbons (Fsp3) is 0.762. The van der Waals surface area contributed by atoms with Gasteiger partial charge in [-0.1, -0.05) is 139 Å². The highest BCUT2D eigenvalue weighted by Gasteiger charge is 2.27. The van der Waals surface area contributed by atoms with Crippen molar-refractivity contribution in [3.05, 3.63) is 49.1 Å². The van der Waals surface area contributed by atoms with E-state index in [1.54, 1.807) is 0 Å². The first kappa shape index (κ1) is 50.9. The molecule has 0 saturated carbocycles. The first-order valence-corrected chi connectivity index (χ1v) is 22.0. The van der Waals surface area contributed by atoms with E-state index in [1.165, 1.54) is 57.8 Å². The van der Waals surface area contributed by atoms with Crippen LogP contribution in [0.3, 0.4) is 0 Å². The van der Waals surface area contributed by atoms with Crippen molar-refractivity contribution < 1.29 is 47.8 Å². The second-order valence-electron chi connectivity index (χ2n) is 13.7. The van der Waals surface area contributed by atoms with Crippen LogP contribution in [0.1, 0.15) is 167 Å². The lowest BCUT2D eigenvalue weighted by Gasteiger charge is -2.20. The molecule has 0 aliphatic heterocycles. The molecule has 3 atom stereocenters. The summed E-state index contributed by atoms with van der Waals surface area (Å²) in [6.45, 7) is 3.76. The Balaban J connectivity index is 4.33. The topological polar surface area (TPSA) is 149 Å². The molecule has 0 aromatic heterocycles.